The van der Waals surface area contributed by atoms with Crippen LogP contribution in [0.3, 0.4) is 0 Å². The largest absolute Gasteiger partial charge is 0.399 e. The average Bonchev–Trinajstić information content (AvgIpc) is 2.64. The molecule has 3 N–H and O–H groups in total. The number of morpholine rings is 1. The molecule has 0 radical (unpaired) electrons. The van der Waals surface area contributed by atoms with E-state index in [1.54, 1.807) is 24.3 Å². The number of rotatable bonds is 4. The van der Waals surface area contributed by atoms with Gasteiger partial charge < -0.3 is 20.7 Å². The molecule has 2 amide bonds. The highest BCUT2D eigenvalue weighted by atomic mass is 35.5. The summed E-state index contributed by atoms with van der Waals surface area (Å²) in [5.41, 5.74) is 8.01. The maximum atomic E-state index is 12.3. The fourth-order valence-corrected chi connectivity index (χ4v) is 2.99. The Morgan fingerprint density at radius 1 is 1.12 bits per heavy atom. The molecule has 0 aliphatic carbocycles. The molecular weight excluding hydrogens is 354 g/mol. The fraction of sp³-hybridized carbons (Fsp3) is 0.263. The number of amides is 2. The molecular formula is C19H20ClN3O3. The summed E-state index contributed by atoms with van der Waals surface area (Å²) >= 11 is 6.06. The van der Waals surface area contributed by atoms with Gasteiger partial charge in [0.05, 0.1) is 30.2 Å². The predicted molar refractivity (Wildman–Crippen MR) is 101 cm³/mol. The first-order valence-corrected chi connectivity index (χ1v) is 8.71. The summed E-state index contributed by atoms with van der Waals surface area (Å²) in [6.07, 6.45) is 0.331. The Labute approximate surface area is 156 Å². The van der Waals surface area contributed by atoms with Crippen LogP contribution in [-0.2, 0) is 16.0 Å². The van der Waals surface area contributed by atoms with Gasteiger partial charge in [-0.2, -0.15) is 0 Å². The monoisotopic (exact) mass is 373 g/mol. The van der Waals surface area contributed by atoms with Gasteiger partial charge in [-0.25, -0.2) is 0 Å². The van der Waals surface area contributed by atoms with Crippen LogP contribution in [0, 0.1) is 0 Å². The molecule has 1 heterocycles. The van der Waals surface area contributed by atoms with Crippen molar-refractivity contribution in [3.05, 3.63) is 58.6 Å². The van der Waals surface area contributed by atoms with Crippen LogP contribution in [-0.4, -0.2) is 43.0 Å². The highest BCUT2D eigenvalue weighted by Crippen LogP contribution is 2.21. The number of carbonyl (C=O) groups is 2. The second kappa shape index (κ2) is 8.21. The lowest BCUT2D eigenvalue weighted by Crippen LogP contribution is -2.41. The van der Waals surface area contributed by atoms with E-state index in [-0.39, 0.29) is 11.8 Å². The number of hydrogen-bond acceptors (Lipinski definition) is 4. The number of nitrogens with two attached hydrogens (primary N) is 1. The first-order chi connectivity index (χ1) is 12.5. The predicted octanol–water partition coefficient (Wildman–Crippen LogP) is 2.58. The molecule has 6 nitrogen and oxygen atoms in total. The molecule has 2 aromatic rings. The van der Waals surface area contributed by atoms with Crippen LogP contribution >= 0.6 is 11.6 Å². The second-order valence-corrected chi connectivity index (χ2v) is 6.47. The van der Waals surface area contributed by atoms with Crippen LogP contribution in [0.15, 0.2) is 42.5 Å². The van der Waals surface area contributed by atoms with E-state index in [1.165, 1.54) is 6.07 Å². The maximum absolute atomic E-state index is 12.3. The minimum absolute atomic E-state index is 0.0822. The molecule has 1 saturated heterocycles. The highest BCUT2D eigenvalue weighted by molar-refractivity contribution is 6.34. The van der Waals surface area contributed by atoms with Crippen molar-refractivity contribution in [3.8, 4) is 0 Å². The van der Waals surface area contributed by atoms with E-state index in [9.17, 15) is 9.59 Å². The van der Waals surface area contributed by atoms with Crippen molar-refractivity contribution in [3.63, 3.8) is 0 Å². The number of nitrogens with one attached hydrogen (secondary N) is 1. The molecule has 0 unspecified atom stereocenters. The van der Waals surface area contributed by atoms with Crippen molar-refractivity contribution in [2.45, 2.75) is 6.42 Å². The third-order valence-electron chi connectivity index (χ3n) is 4.17. The zero-order valence-corrected chi connectivity index (χ0v) is 15.0. The number of ether oxygens (including phenoxy) is 1. The first-order valence-electron chi connectivity index (χ1n) is 8.34. The Bertz CT molecular complexity index is 802. The van der Waals surface area contributed by atoms with Crippen LogP contribution in [0.4, 0.5) is 11.4 Å². The van der Waals surface area contributed by atoms with Gasteiger partial charge >= 0.3 is 0 Å². The summed E-state index contributed by atoms with van der Waals surface area (Å²) in [6, 6.07) is 12.0. The first kappa shape index (κ1) is 18.2. The zero-order chi connectivity index (χ0) is 18.5. The molecule has 0 atom stereocenters. The number of benzene rings is 2. The smallest absolute Gasteiger partial charge is 0.257 e. The molecule has 7 heteroatoms. The lowest BCUT2D eigenvalue weighted by atomic mass is 10.1. The Morgan fingerprint density at radius 3 is 2.46 bits per heavy atom. The van der Waals surface area contributed by atoms with Crippen LogP contribution < -0.4 is 11.1 Å². The molecule has 136 valence electrons. The second-order valence-electron chi connectivity index (χ2n) is 6.06. The van der Waals surface area contributed by atoms with E-state index in [0.717, 1.165) is 5.56 Å². The number of hydrogen-bond donors (Lipinski definition) is 2. The highest BCUT2D eigenvalue weighted by Gasteiger charge is 2.17. The molecule has 1 fully saturated rings. The van der Waals surface area contributed by atoms with Crippen molar-refractivity contribution in [1.82, 2.24) is 4.90 Å². The fourth-order valence-electron chi connectivity index (χ4n) is 2.72. The molecule has 0 spiro atoms. The Balaban J connectivity index is 1.60. The third kappa shape index (κ3) is 4.53. The van der Waals surface area contributed by atoms with Crippen LogP contribution in [0.1, 0.15) is 15.9 Å². The van der Waals surface area contributed by atoms with Gasteiger partial charge in [0.15, 0.2) is 0 Å². The SMILES string of the molecule is Nc1ccc(C(=O)Nc2ccc(CC(=O)N3CCOCC3)cc2)c(Cl)c1. The summed E-state index contributed by atoms with van der Waals surface area (Å²) in [4.78, 5) is 26.4. The minimum Gasteiger partial charge on any atom is -0.399 e. The quantitative estimate of drug-likeness (QED) is 0.807. The third-order valence-corrected chi connectivity index (χ3v) is 4.48. The molecule has 3 rings (SSSR count). The molecule has 0 bridgehead atoms. The van der Waals surface area contributed by atoms with E-state index in [1.807, 2.05) is 17.0 Å². The van der Waals surface area contributed by atoms with Gasteiger partial charge in [0.25, 0.3) is 5.91 Å². The van der Waals surface area contributed by atoms with Gasteiger partial charge in [-0.05, 0) is 35.9 Å². The van der Waals surface area contributed by atoms with Crippen molar-refractivity contribution in [2.75, 3.05) is 37.4 Å². The average molecular weight is 374 g/mol. The lowest BCUT2D eigenvalue weighted by Gasteiger charge is -2.26. The molecule has 0 saturated carbocycles. The van der Waals surface area contributed by atoms with Crippen LogP contribution in [0.5, 0.6) is 0 Å². The van der Waals surface area contributed by atoms with Gasteiger partial charge in [0.2, 0.25) is 5.91 Å². The number of carbonyl (C=O) groups excluding carboxylic acids is 2. The summed E-state index contributed by atoms with van der Waals surface area (Å²) in [6.45, 7) is 2.44. The van der Waals surface area contributed by atoms with E-state index in [0.29, 0.717) is 54.7 Å². The zero-order valence-electron chi connectivity index (χ0n) is 14.2. The molecule has 0 aromatic heterocycles. The summed E-state index contributed by atoms with van der Waals surface area (Å²) < 4.78 is 5.25. The minimum atomic E-state index is -0.313. The van der Waals surface area contributed by atoms with Gasteiger partial charge in [0.1, 0.15) is 0 Å². The Kier molecular flexibility index (Phi) is 5.75. The molecule has 2 aromatic carbocycles. The molecule has 1 aliphatic heterocycles. The van der Waals surface area contributed by atoms with Crippen LogP contribution in [0.25, 0.3) is 0 Å². The number of nitrogen functional groups attached to an aromatic ring is 1. The van der Waals surface area contributed by atoms with E-state index in [2.05, 4.69) is 5.32 Å². The van der Waals surface area contributed by atoms with Gasteiger partial charge in [0, 0.05) is 24.5 Å². The van der Waals surface area contributed by atoms with Crippen molar-refractivity contribution < 1.29 is 14.3 Å². The van der Waals surface area contributed by atoms with E-state index in [4.69, 9.17) is 22.1 Å². The molecule has 26 heavy (non-hydrogen) atoms. The van der Waals surface area contributed by atoms with Gasteiger partial charge in [-0.15, -0.1) is 0 Å². The molecule has 1 aliphatic rings. The van der Waals surface area contributed by atoms with E-state index >= 15 is 0 Å². The summed E-state index contributed by atoms with van der Waals surface area (Å²) in [7, 11) is 0. The Morgan fingerprint density at radius 2 is 1.81 bits per heavy atom. The maximum Gasteiger partial charge on any atom is 0.257 e. The van der Waals surface area contributed by atoms with Crippen molar-refractivity contribution in [2.24, 2.45) is 0 Å². The standard InChI is InChI=1S/C19H20ClN3O3/c20-17-12-14(21)3-6-16(17)19(25)22-15-4-1-13(2-5-15)11-18(24)23-7-9-26-10-8-23/h1-6,12H,7-11,21H2,(H,22,25). The van der Waals surface area contributed by atoms with Crippen LogP contribution in [0.2, 0.25) is 5.02 Å². The normalized spacial score (nSPS) is 14.1. The van der Waals surface area contributed by atoms with Gasteiger partial charge in [-0.3, -0.25) is 9.59 Å². The van der Waals surface area contributed by atoms with Crippen molar-refractivity contribution >= 4 is 34.8 Å². The van der Waals surface area contributed by atoms with Crippen molar-refractivity contribution in [1.29, 1.82) is 0 Å². The number of halogens is 1. The topological polar surface area (TPSA) is 84.7 Å². The summed E-state index contributed by atoms with van der Waals surface area (Å²) in [5, 5.41) is 3.09. The lowest BCUT2D eigenvalue weighted by molar-refractivity contribution is -0.134. The van der Waals surface area contributed by atoms with Gasteiger partial charge in [-0.1, -0.05) is 23.7 Å². The Hall–Kier alpha value is -2.57. The number of nitrogens with zero attached hydrogens (tertiary/aromatic N) is 1. The van der Waals surface area contributed by atoms with E-state index < -0.39 is 0 Å². The number of anilines is 2. The summed E-state index contributed by atoms with van der Waals surface area (Å²) in [5.74, 6) is -0.231.